The van der Waals surface area contributed by atoms with Gasteiger partial charge in [-0.05, 0) is 71.8 Å². The maximum Gasteiger partial charge on any atom is 0.373 e. The van der Waals surface area contributed by atoms with Crippen molar-refractivity contribution < 1.29 is 88.6 Å². The second-order valence-corrected chi connectivity index (χ2v) is 26.3. The molecule has 0 aromatic heterocycles. The van der Waals surface area contributed by atoms with Gasteiger partial charge in [-0.1, -0.05) is 234 Å². The van der Waals surface area contributed by atoms with Crippen molar-refractivity contribution in [3.05, 3.63) is 225 Å². The van der Waals surface area contributed by atoms with E-state index in [-0.39, 0.29) is 55.4 Å². The number of nitrogens with two attached hydrogens (primary N) is 3. The summed E-state index contributed by atoms with van der Waals surface area (Å²) in [7, 11) is 0. The first-order valence-corrected chi connectivity index (χ1v) is 42.1. The molecule has 10 rings (SSSR count). The Balaban J connectivity index is -0.000000264. The van der Waals surface area contributed by atoms with Crippen molar-refractivity contribution >= 4 is 143 Å². The molecule has 0 saturated carbocycles. The van der Waals surface area contributed by atoms with E-state index in [2.05, 4.69) is 108 Å². The predicted molar refractivity (Wildman–Crippen MR) is 429 cm³/mol. The molecule has 6 aromatic carbocycles. The number of esters is 1. The van der Waals surface area contributed by atoms with Crippen LogP contribution >= 0.6 is 118 Å². The van der Waals surface area contributed by atoms with Crippen molar-refractivity contribution in [3.63, 3.8) is 0 Å². The molecule has 4 heterocycles. The number of primary amides is 1. The van der Waals surface area contributed by atoms with Gasteiger partial charge in [0.15, 0.2) is 0 Å². The van der Waals surface area contributed by atoms with Crippen LogP contribution < -0.4 is 17.2 Å². The van der Waals surface area contributed by atoms with Gasteiger partial charge >= 0.3 is 107 Å². The molecule has 0 spiro atoms. The molecule has 18 nitrogen and oxygen atoms in total. The molecule has 4 aliphatic heterocycles. The van der Waals surface area contributed by atoms with Crippen LogP contribution in [0.5, 0.6) is 0 Å². The monoisotopic (exact) mass is 1930 g/mol. The molecule has 4 fully saturated rings. The third kappa shape index (κ3) is 49.8. The molecule has 6 aromatic rings. The number of nitriles is 1. The van der Waals surface area contributed by atoms with Gasteiger partial charge in [0.2, 0.25) is 5.91 Å². The number of carbonyl (C=O) groups excluding carboxylic acids is 6. The number of halogens is 14. The molecule has 7 N–H and O–H groups in total. The first-order chi connectivity index (χ1) is 50.3. The van der Waals surface area contributed by atoms with Crippen molar-refractivity contribution in [2.45, 2.75) is 83.8 Å². The van der Waals surface area contributed by atoms with Gasteiger partial charge in [-0.15, -0.1) is 23.2 Å². The fourth-order valence-electron chi connectivity index (χ4n) is 8.64. The van der Waals surface area contributed by atoms with Gasteiger partial charge < -0.3 is 55.6 Å². The summed E-state index contributed by atoms with van der Waals surface area (Å²) in [6.07, 6.45) is 4.38. The number of benzene rings is 6. The van der Waals surface area contributed by atoms with E-state index in [0.717, 1.165) is 61.3 Å². The van der Waals surface area contributed by atoms with Crippen LogP contribution in [-0.4, -0.2) is 151 Å². The summed E-state index contributed by atoms with van der Waals surface area (Å²) in [5.74, 6) is 7.62. The van der Waals surface area contributed by atoms with Gasteiger partial charge in [0, 0.05) is 44.1 Å². The maximum atomic E-state index is 12.3. The maximum absolute atomic E-state index is 12.3. The fourth-order valence-corrected chi connectivity index (χ4v) is 12.1. The molecule has 106 heavy (non-hydrogen) atoms. The number of rotatable bonds is 12. The molecular formula is C74H97Br4Cl3F6IN5O13. The minimum Gasteiger partial charge on any atom is -0.395 e. The van der Waals surface area contributed by atoms with E-state index in [4.69, 9.17) is 107 Å². The number of carbonyl (C=O) groups is 2. The summed E-state index contributed by atoms with van der Waals surface area (Å²) in [6, 6.07) is 57.4. The van der Waals surface area contributed by atoms with Gasteiger partial charge in [-0.25, -0.2) is 6.57 Å². The summed E-state index contributed by atoms with van der Waals surface area (Å²) in [4.78, 5) is 57.5. The molecule has 4 saturated heterocycles. The number of alkyl halides is 15. The normalized spacial score (nSPS) is 17.6. The number of aliphatic hydroxyl groups excluding tert-OH is 1. The van der Waals surface area contributed by atoms with E-state index in [9.17, 15) is 35.9 Å². The van der Waals surface area contributed by atoms with Crippen LogP contribution in [0, 0.1) is 21.5 Å². The number of ether oxygens (including phenoxy) is 6. The zero-order valence-corrected chi connectivity index (χ0v) is 69.8. The second-order valence-electron chi connectivity index (χ2n) is 20.0. The van der Waals surface area contributed by atoms with Crippen LogP contribution in [-0.2, 0) is 85.6 Å². The zero-order chi connectivity index (χ0) is 80.9. The molecule has 1 amide bonds. The molecule has 4 unspecified atom stereocenters. The Morgan fingerprint density at radius 3 is 1.15 bits per heavy atom. The zero-order valence-electron chi connectivity index (χ0n) is 59.0. The molecule has 4 aliphatic rings. The van der Waals surface area contributed by atoms with E-state index in [1.165, 1.54) is 36.2 Å². The van der Waals surface area contributed by atoms with Crippen molar-refractivity contribution in [3.8, 4) is 6.07 Å². The first kappa shape index (κ1) is 112. The first-order valence-electron chi connectivity index (χ1n) is 30.9. The van der Waals surface area contributed by atoms with Crippen LogP contribution in [0.3, 0.4) is 0 Å². The minimum atomic E-state index is -5.17. The SMILES string of the molecule is C.CBr.CBr.CBr.CBr.CCOC(C)=O.ClCCOCCl.FC(F)(F)I(c1ccccc1)C(F)(F)F.N#CCc1ccccc1.NC(=O)C1(c2ccccc2)CCOC1.NC1(c2ccccc2)CCOC1.NC1(c2ccccc2)CCOC1.O=C=O.O=C=O.OCCCl.[C-]#[N+]C1(c2ccccc2)CCOC1. The third-order valence-corrected chi connectivity index (χ3v) is 18.3. The van der Waals surface area contributed by atoms with E-state index in [1.807, 2.05) is 151 Å². The van der Waals surface area contributed by atoms with E-state index < -0.39 is 42.7 Å². The summed E-state index contributed by atoms with van der Waals surface area (Å²) in [5, 5.41) is 16.0. The summed E-state index contributed by atoms with van der Waals surface area (Å²) in [6.45, 7) is 16.6. The molecular weight excluding hydrogens is 1830 g/mol. The second kappa shape index (κ2) is 71.4. The number of nitrogens with zero attached hydrogens (tertiary/aromatic N) is 2. The van der Waals surface area contributed by atoms with Crippen molar-refractivity contribution in [1.82, 2.24) is 0 Å². The minimum absolute atomic E-state index is 0. The van der Waals surface area contributed by atoms with Crippen LogP contribution in [0.25, 0.3) is 4.85 Å². The van der Waals surface area contributed by atoms with Crippen molar-refractivity contribution in [1.29, 1.82) is 5.26 Å². The number of hydrogen-bond donors (Lipinski definition) is 4. The molecule has 0 aliphatic carbocycles. The molecule has 594 valence electrons. The van der Waals surface area contributed by atoms with E-state index in [0.29, 0.717) is 77.5 Å². The number of amides is 1. The third-order valence-electron chi connectivity index (χ3n) is 13.4. The Hall–Kier alpha value is -5.22. The Labute approximate surface area is 676 Å². The quantitative estimate of drug-likeness (QED) is 0.0221. The van der Waals surface area contributed by atoms with Gasteiger partial charge in [-0.3, -0.25) is 9.59 Å². The Bertz CT molecular complexity index is 3090. The number of hydrogen-bond acceptors (Lipinski definition) is 16. The van der Waals surface area contributed by atoms with Gasteiger partial charge in [-0.2, -0.15) is 24.4 Å². The Kier molecular flexibility index (Phi) is 75.2. The van der Waals surface area contributed by atoms with Gasteiger partial charge in [0.1, 0.15) is 12.7 Å². The van der Waals surface area contributed by atoms with Gasteiger partial charge in [0.25, 0.3) is 5.54 Å². The van der Waals surface area contributed by atoms with Crippen LogP contribution in [0.2, 0.25) is 0 Å². The topological polar surface area (TPSA) is 284 Å². The molecule has 0 radical (unpaired) electrons. The largest absolute Gasteiger partial charge is 0.395 e. The van der Waals surface area contributed by atoms with E-state index in [1.54, 1.807) is 6.92 Å². The predicted octanol–water partition coefficient (Wildman–Crippen LogP) is 17.5. The van der Waals surface area contributed by atoms with Crippen LogP contribution in [0.15, 0.2) is 182 Å². The smallest absolute Gasteiger partial charge is 0.373 e. The summed E-state index contributed by atoms with van der Waals surface area (Å²) < 4.78 is 92.7. The molecule has 0 bridgehead atoms. The fraction of sp³-hybridized carbons (Fsp3) is 0.432. The summed E-state index contributed by atoms with van der Waals surface area (Å²) >= 11 is 21.8. The summed E-state index contributed by atoms with van der Waals surface area (Å²) in [5.41, 5.74) is 21.8. The van der Waals surface area contributed by atoms with Crippen molar-refractivity contribution in [2.24, 2.45) is 17.2 Å². The Morgan fingerprint density at radius 1 is 0.575 bits per heavy atom. The molecule has 32 heteroatoms. The average Bonchev–Trinajstić information content (AvgIpc) is 1.54. The molecule has 4 atom stereocenters. The number of aliphatic hydroxyl groups is 1. The average molecular weight is 1930 g/mol. The van der Waals surface area contributed by atoms with Crippen LogP contribution in [0.1, 0.15) is 74.8 Å². The standard InChI is InChI=1S/C11H13NO2.C11H11NO.2C10H13NO.C8H5F6I.C8H7N.C4H8O2.C3H6Cl2O.C2H5ClO.4CH3Br.2CO2.CH4/c12-10(13)11(6-7-14-8-11)9-4-2-1-3-5-9;1-12-11(7-8-13-9-11)10-5-3-2-4-6-10;2*11-10(6-7-12-8-10)9-4-2-1-3-5-9;9-7(10,11)15(8(12,13)14)6-4-2-1-3-5-6;9-7-6-8-4-2-1-3-5-8;1-3-6-4(2)5;4-1-2-6-3-5;3-1-2-4;4*1-2;2*2-1-3;/h1-5H,6-8H2,(H2,12,13);2-6H,7-9H2;2*1-5H,6-8,11H2;1-5H;1-5H,6H2;3H2,1-2H3;1-3H2;4H,1-2H2;4*1H3;;;1H4. The van der Waals surface area contributed by atoms with Crippen molar-refractivity contribution in [2.75, 3.05) is 114 Å². The Morgan fingerprint density at radius 2 is 0.906 bits per heavy atom. The van der Waals surface area contributed by atoms with Crippen LogP contribution in [0.4, 0.5) is 26.3 Å². The van der Waals surface area contributed by atoms with Gasteiger partial charge in [0.05, 0.1) is 81.7 Å². The van der Waals surface area contributed by atoms with E-state index >= 15 is 0 Å².